The van der Waals surface area contributed by atoms with Crippen molar-refractivity contribution in [2.45, 2.75) is 46.2 Å². The minimum Gasteiger partial charge on any atom is -0.379 e. The van der Waals surface area contributed by atoms with Crippen molar-refractivity contribution in [3.8, 4) is 17.2 Å². The number of halogens is 1. The molecule has 0 aromatic carbocycles. The van der Waals surface area contributed by atoms with Crippen LogP contribution in [0.5, 0.6) is 0 Å². The van der Waals surface area contributed by atoms with Gasteiger partial charge in [0.1, 0.15) is 11.8 Å². The SMILES string of the molecule is Cc1nc(C#N)cc(-c2ccnc3cc(CN4C(=O)C5C(C4=O)C5(C)C)sc23)c1NC(CN)CCCI. The maximum absolute atomic E-state index is 12.9. The highest BCUT2D eigenvalue weighted by atomic mass is 127. The maximum Gasteiger partial charge on any atom is 0.234 e. The van der Waals surface area contributed by atoms with E-state index in [4.69, 9.17) is 5.73 Å². The van der Waals surface area contributed by atoms with E-state index >= 15 is 0 Å². The topological polar surface area (TPSA) is 125 Å². The first-order valence-corrected chi connectivity index (χ1v) is 14.7. The first-order chi connectivity index (χ1) is 17.7. The number of anilines is 1. The van der Waals surface area contributed by atoms with Crippen LogP contribution in [-0.4, -0.2) is 43.7 Å². The van der Waals surface area contributed by atoms with Gasteiger partial charge in [0.25, 0.3) is 0 Å². The molecule has 0 bridgehead atoms. The summed E-state index contributed by atoms with van der Waals surface area (Å²) in [5.41, 5.74) is 10.4. The van der Waals surface area contributed by atoms with Gasteiger partial charge in [0.2, 0.25) is 11.8 Å². The Balaban J connectivity index is 1.52. The molecule has 3 atom stereocenters. The predicted octanol–water partition coefficient (Wildman–Crippen LogP) is 4.63. The van der Waals surface area contributed by atoms with Crippen LogP contribution in [-0.2, 0) is 16.1 Å². The molecule has 1 aliphatic carbocycles. The summed E-state index contributed by atoms with van der Waals surface area (Å²) in [4.78, 5) is 37.1. The third-order valence-corrected chi connectivity index (χ3v) is 9.50. The van der Waals surface area contributed by atoms with Gasteiger partial charge in [-0.15, -0.1) is 11.3 Å². The molecule has 3 N–H and O–H groups in total. The molecule has 1 saturated carbocycles. The highest BCUT2D eigenvalue weighted by Gasteiger charge is 2.72. The van der Waals surface area contributed by atoms with Crippen LogP contribution in [0.4, 0.5) is 5.69 Å². The smallest absolute Gasteiger partial charge is 0.234 e. The number of aryl methyl sites for hydroxylation is 1. The quantitative estimate of drug-likeness (QED) is 0.201. The third-order valence-electron chi connectivity index (χ3n) is 7.59. The molecule has 3 aromatic rings. The number of thiophene rings is 1. The van der Waals surface area contributed by atoms with E-state index in [0.717, 1.165) is 54.9 Å². The van der Waals surface area contributed by atoms with Gasteiger partial charge in [-0.25, -0.2) is 4.98 Å². The molecular weight excluding hydrogens is 599 g/mol. The highest BCUT2D eigenvalue weighted by Crippen LogP contribution is 2.63. The number of nitrogens with zero attached hydrogens (tertiary/aromatic N) is 4. The van der Waals surface area contributed by atoms with Gasteiger partial charge in [-0.3, -0.25) is 19.5 Å². The average Bonchev–Trinajstić information content (AvgIpc) is 3.12. The average molecular weight is 629 g/mol. The first kappa shape index (κ1) is 26.0. The Hall–Kier alpha value is -2.62. The molecule has 3 aromatic heterocycles. The lowest BCUT2D eigenvalue weighted by Crippen LogP contribution is -2.35. The number of hydrogen-bond donors (Lipinski definition) is 2. The Bertz CT molecular complexity index is 1420. The maximum atomic E-state index is 12.9. The van der Waals surface area contributed by atoms with E-state index in [9.17, 15) is 14.9 Å². The molecule has 1 saturated heterocycles. The second-order valence-electron chi connectivity index (χ2n) is 10.4. The number of hydrogen-bond acceptors (Lipinski definition) is 8. The summed E-state index contributed by atoms with van der Waals surface area (Å²) in [6.07, 6.45) is 3.73. The fourth-order valence-electron chi connectivity index (χ4n) is 5.49. The van der Waals surface area contributed by atoms with E-state index in [1.165, 1.54) is 16.2 Å². The van der Waals surface area contributed by atoms with Crippen molar-refractivity contribution >= 4 is 61.6 Å². The molecule has 5 rings (SSSR count). The molecule has 2 fully saturated rings. The molecule has 0 radical (unpaired) electrons. The van der Waals surface area contributed by atoms with Crippen molar-refractivity contribution in [3.05, 3.63) is 40.7 Å². The molecule has 2 aliphatic rings. The van der Waals surface area contributed by atoms with E-state index in [0.29, 0.717) is 12.2 Å². The zero-order chi connectivity index (χ0) is 26.5. The Morgan fingerprint density at radius 2 is 2.00 bits per heavy atom. The van der Waals surface area contributed by atoms with Gasteiger partial charge in [-0.2, -0.15) is 5.26 Å². The summed E-state index contributed by atoms with van der Waals surface area (Å²) >= 11 is 3.90. The van der Waals surface area contributed by atoms with Crippen LogP contribution in [0.3, 0.4) is 0 Å². The number of fused-ring (bicyclic) bond motifs is 2. The number of imide groups is 1. The number of alkyl halides is 1. The van der Waals surface area contributed by atoms with E-state index in [1.54, 1.807) is 12.3 Å². The Labute approximate surface area is 233 Å². The van der Waals surface area contributed by atoms with Crippen LogP contribution >= 0.6 is 33.9 Å². The summed E-state index contributed by atoms with van der Waals surface area (Å²) < 4.78 is 1.99. The fourth-order valence-corrected chi connectivity index (χ4v) is 7.07. The van der Waals surface area contributed by atoms with E-state index in [2.05, 4.69) is 43.9 Å². The van der Waals surface area contributed by atoms with E-state index in [1.807, 2.05) is 32.9 Å². The number of likely N-dealkylation sites (tertiary alicyclic amines) is 1. The first-order valence-electron chi connectivity index (χ1n) is 12.4. The minimum atomic E-state index is -0.224. The van der Waals surface area contributed by atoms with Crippen LogP contribution < -0.4 is 11.1 Å². The Kier molecular flexibility index (Phi) is 6.98. The molecule has 10 heteroatoms. The van der Waals surface area contributed by atoms with Crippen molar-refractivity contribution in [1.82, 2.24) is 14.9 Å². The minimum absolute atomic E-state index is 0.0696. The van der Waals surface area contributed by atoms with Crippen LogP contribution in [0.1, 0.15) is 43.0 Å². The van der Waals surface area contributed by atoms with Crippen molar-refractivity contribution in [2.24, 2.45) is 23.0 Å². The molecule has 192 valence electrons. The van der Waals surface area contributed by atoms with Crippen LogP contribution in [0.2, 0.25) is 0 Å². The lowest BCUT2D eigenvalue weighted by molar-refractivity contribution is -0.143. The summed E-state index contributed by atoms with van der Waals surface area (Å²) in [6, 6.07) is 7.96. The van der Waals surface area contributed by atoms with Gasteiger partial charge in [0.05, 0.1) is 40.0 Å². The fraction of sp³-hybridized carbons (Fsp3) is 0.444. The number of rotatable bonds is 9. The molecule has 0 spiro atoms. The van der Waals surface area contributed by atoms with Gasteiger partial charge >= 0.3 is 0 Å². The molecule has 37 heavy (non-hydrogen) atoms. The van der Waals surface area contributed by atoms with Crippen LogP contribution in [0.25, 0.3) is 21.3 Å². The number of amides is 2. The molecule has 2 amide bonds. The number of nitriles is 1. The number of piperidine rings is 1. The predicted molar refractivity (Wildman–Crippen MR) is 153 cm³/mol. The zero-order valence-corrected chi connectivity index (χ0v) is 24.0. The largest absolute Gasteiger partial charge is 0.379 e. The number of nitrogens with one attached hydrogen (secondary N) is 1. The molecular formula is C27H29IN6O2S. The van der Waals surface area contributed by atoms with Gasteiger partial charge in [-0.05, 0) is 47.8 Å². The zero-order valence-electron chi connectivity index (χ0n) is 21.0. The van der Waals surface area contributed by atoms with Crippen LogP contribution in [0, 0.1) is 35.5 Å². The lowest BCUT2D eigenvalue weighted by atomic mass is 10.0. The van der Waals surface area contributed by atoms with Gasteiger partial charge < -0.3 is 11.1 Å². The number of carbonyl (C=O) groups is 2. The van der Waals surface area contributed by atoms with Gasteiger partial charge in [0.15, 0.2) is 0 Å². The summed E-state index contributed by atoms with van der Waals surface area (Å²) in [5.74, 6) is -0.521. The van der Waals surface area contributed by atoms with E-state index in [-0.39, 0.29) is 41.7 Å². The normalized spacial score (nSPS) is 20.7. The second-order valence-corrected chi connectivity index (χ2v) is 12.6. The van der Waals surface area contributed by atoms with Crippen molar-refractivity contribution in [3.63, 3.8) is 0 Å². The van der Waals surface area contributed by atoms with Crippen molar-refractivity contribution < 1.29 is 9.59 Å². The van der Waals surface area contributed by atoms with Crippen molar-refractivity contribution in [1.29, 1.82) is 5.26 Å². The third kappa shape index (κ3) is 4.51. The molecule has 1 aliphatic heterocycles. The van der Waals surface area contributed by atoms with Gasteiger partial charge in [-0.1, -0.05) is 36.4 Å². The standard InChI is InChI=1S/C27H29IN6O2S/c1-14-23(33-15(11-29)5-4-7-28)19(9-16(12-30)32-14)18-6-8-31-20-10-17(37-24(18)20)13-34-25(35)21-22(26(34)36)27(21,2)3/h6,8-10,15,21-22,33H,4-5,7,11,13,29H2,1-3H3. The summed E-state index contributed by atoms with van der Waals surface area (Å²) in [6.45, 7) is 6.62. The summed E-state index contributed by atoms with van der Waals surface area (Å²) in [7, 11) is 0. The summed E-state index contributed by atoms with van der Waals surface area (Å²) in [5, 5.41) is 13.2. The second kappa shape index (κ2) is 9.93. The Morgan fingerprint density at radius 1 is 1.27 bits per heavy atom. The monoisotopic (exact) mass is 628 g/mol. The lowest BCUT2D eigenvalue weighted by Gasteiger charge is -2.22. The highest BCUT2D eigenvalue weighted by molar-refractivity contribution is 14.1. The molecule has 4 heterocycles. The number of pyridine rings is 2. The number of carbonyl (C=O) groups excluding carboxylic acids is 2. The van der Waals surface area contributed by atoms with Crippen LogP contribution in [0.15, 0.2) is 24.4 Å². The van der Waals surface area contributed by atoms with E-state index < -0.39 is 0 Å². The number of aromatic nitrogens is 2. The molecule has 8 nitrogen and oxygen atoms in total. The Morgan fingerprint density at radius 3 is 2.65 bits per heavy atom. The molecule has 3 unspecified atom stereocenters. The van der Waals surface area contributed by atoms with Gasteiger partial charge in [0, 0.05) is 34.8 Å². The number of nitrogens with two attached hydrogens (primary N) is 1. The van der Waals surface area contributed by atoms with Crippen molar-refractivity contribution in [2.75, 3.05) is 16.3 Å².